The number of hydrogen-bond donors (Lipinski definition) is 0. The lowest BCUT2D eigenvalue weighted by molar-refractivity contribution is -0.138. The monoisotopic (exact) mass is 475 g/mol. The van der Waals surface area contributed by atoms with Gasteiger partial charge in [0, 0.05) is 31.7 Å². The molecule has 35 heavy (non-hydrogen) atoms. The third-order valence-corrected chi connectivity index (χ3v) is 7.76. The van der Waals surface area contributed by atoms with Crippen molar-refractivity contribution in [2.75, 3.05) is 33.8 Å². The van der Waals surface area contributed by atoms with E-state index < -0.39 is 0 Å². The van der Waals surface area contributed by atoms with Crippen LogP contribution in [-0.4, -0.2) is 70.1 Å². The van der Waals surface area contributed by atoms with Gasteiger partial charge in [0.25, 0.3) is 0 Å². The zero-order valence-electron chi connectivity index (χ0n) is 21.0. The fourth-order valence-corrected chi connectivity index (χ4v) is 5.70. The van der Waals surface area contributed by atoms with Crippen LogP contribution in [0.2, 0.25) is 0 Å². The third-order valence-electron chi connectivity index (χ3n) is 7.76. The number of imidazole rings is 1. The summed E-state index contributed by atoms with van der Waals surface area (Å²) in [7, 11) is 3.80. The van der Waals surface area contributed by atoms with Crippen LogP contribution in [0, 0.1) is 0 Å². The standard InChI is InChI=1S/C28H37N5O2/c1-31-18-5-3-4-8-25(31)28(34)32-19-15-22(16-20-32)33-26(30-24-7-6-17-29-27(24)33)14-11-21-9-12-23(35-2)13-10-21/h6-7,9-10,12-13,17,22,25H,3-5,8,11,14-16,18-20H2,1-2H3/t25-/m0/s1. The van der Waals surface area contributed by atoms with E-state index in [1.54, 1.807) is 7.11 Å². The van der Waals surface area contributed by atoms with Crippen LogP contribution in [0.15, 0.2) is 42.6 Å². The Balaban J connectivity index is 1.30. The zero-order valence-corrected chi connectivity index (χ0v) is 21.0. The van der Waals surface area contributed by atoms with Gasteiger partial charge in [0.2, 0.25) is 5.91 Å². The van der Waals surface area contributed by atoms with E-state index >= 15 is 0 Å². The van der Waals surface area contributed by atoms with Gasteiger partial charge in [-0.25, -0.2) is 9.97 Å². The molecule has 0 saturated carbocycles. The highest BCUT2D eigenvalue weighted by Crippen LogP contribution is 2.30. The molecule has 4 heterocycles. The summed E-state index contributed by atoms with van der Waals surface area (Å²) in [5.74, 6) is 2.28. The van der Waals surface area contributed by atoms with E-state index in [4.69, 9.17) is 14.7 Å². The van der Waals surface area contributed by atoms with E-state index in [0.29, 0.717) is 11.9 Å². The minimum absolute atomic E-state index is 0.0462. The molecule has 2 aromatic heterocycles. The number of fused-ring (bicyclic) bond motifs is 1. The molecule has 2 aliphatic rings. The molecule has 0 N–H and O–H groups in total. The lowest BCUT2D eigenvalue weighted by atomic mass is 10.0. The van der Waals surface area contributed by atoms with E-state index in [0.717, 1.165) is 80.9 Å². The van der Waals surface area contributed by atoms with Gasteiger partial charge in [-0.15, -0.1) is 0 Å². The summed E-state index contributed by atoms with van der Waals surface area (Å²) < 4.78 is 7.65. The second-order valence-electron chi connectivity index (χ2n) is 9.99. The van der Waals surface area contributed by atoms with Gasteiger partial charge in [0.05, 0.1) is 13.2 Å². The third kappa shape index (κ3) is 5.20. The number of piperidine rings is 1. The van der Waals surface area contributed by atoms with Crippen molar-refractivity contribution in [3.8, 4) is 5.75 Å². The molecule has 2 aliphatic heterocycles. The largest absolute Gasteiger partial charge is 0.497 e. The number of rotatable bonds is 6. The molecule has 0 unspecified atom stereocenters. The number of carbonyl (C=O) groups is 1. The number of likely N-dealkylation sites (N-methyl/N-ethyl adjacent to an activating group) is 1. The van der Waals surface area contributed by atoms with Crippen LogP contribution in [0.1, 0.15) is 56.0 Å². The van der Waals surface area contributed by atoms with Crippen molar-refractivity contribution in [2.45, 2.75) is 63.5 Å². The van der Waals surface area contributed by atoms with Gasteiger partial charge in [-0.05, 0) is 75.5 Å². The molecule has 186 valence electrons. The number of pyridine rings is 1. The van der Waals surface area contributed by atoms with Crippen molar-refractivity contribution in [3.05, 3.63) is 54.0 Å². The summed E-state index contributed by atoms with van der Waals surface area (Å²) >= 11 is 0. The molecule has 0 aliphatic carbocycles. The summed E-state index contributed by atoms with van der Waals surface area (Å²) in [5, 5.41) is 0. The second kappa shape index (κ2) is 10.8. The Hall–Kier alpha value is -2.93. The number of aryl methyl sites for hydroxylation is 2. The quantitative estimate of drug-likeness (QED) is 0.533. The van der Waals surface area contributed by atoms with Crippen molar-refractivity contribution in [3.63, 3.8) is 0 Å². The second-order valence-corrected chi connectivity index (χ2v) is 9.99. The van der Waals surface area contributed by atoms with Crippen LogP contribution >= 0.6 is 0 Å². The van der Waals surface area contributed by atoms with E-state index in [2.05, 4.69) is 39.6 Å². The summed E-state index contributed by atoms with van der Waals surface area (Å²) in [5.41, 5.74) is 3.19. The van der Waals surface area contributed by atoms with Gasteiger partial charge >= 0.3 is 0 Å². The van der Waals surface area contributed by atoms with Gasteiger partial charge in [0.15, 0.2) is 5.65 Å². The van der Waals surface area contributed by atoms with Crippen molar-refractivity contribution in [2.24, 2.45) is 0 Å². The highest BCUT2D eigenvalue weighted by atomic mass is 16.5. The predicted molar refractivity (Wildman–Crippen MR) is 138 cm³/mol. The van der Waals surface area contributed by atoms with Crippen LogP contribution in [-0.2, 0) is 17.6 Å². The molecule has 1 atom stereocenters. The molecule has 2 saturated heterocycles. The molecule has 7 heteroatoms. The number of amides is 1. The molecule has 1 amide bonds. The molecule has 1 aromatic carbocycles. The molecular weight excluding hydrogens is 438 g/mol. The number of hydrogen-bond acceptors (Lipinski definition) is 5. The Bertz CT molecular complexity index is 1130. The minimum Gasteiger partial charge on any atom is -0.497 e. The molecule has 5 rings (SSSR count). The van der Waals surface area contributed by atoms with Crippen LogP contribution in [0.3, 0.4) is 0 Å². The number of methoxy groups -OCH3 is 1. The maximum Gasteiger partial charge on any atom is 0.239 e. The highest BCUT2D eigenvalue weighted by Gasteiger charge is 2.32. The SMILES string of the molecule is COc1ccc(CCc2nc3cccnc3n2C2CCN(C(=O)[C@@H]3CCCCCN3C)CC2)cc1. The first kappa shape index (κ1) is 23.8. The summed E-state index contributed by atoms with van der Waals surface area (Å²) in [6.45, 7) is 2.63. The Labute approximate surface area is 208 Å². The molecular formula is C28H37N5O2. The fourth-order valence-electron chi connectivity index (χ4n) is 5.70. The molecule has 0 bridgehead atoms. The van der Waals surface area contributed by atoms with Crippen LogP contribution in [0.5, 0.6) is 5.75 Å². The Morgan fingerprint density at radius 3 is 2.57 bits per heavy atom. The van der Waals surface area contributed by atoms with Crippen LogP contribution < -0.4 is 4.74 Å². The van der Waals surface area contributed by atoms with Gasteiger partial charge < -0.3 is 14.2 Å². The zero-order chi connectivity index (χ0) is 24.2. The van der Waals surface area contributed by atoms with Gasteiger partial charge in [-0.1, -0.05) is 25.0 Å². The first-order chi connectivity index (χ1) is 17.1. The van der Waals surface area contributed by atoms with E-state index in [1.165, 1.54) is 18.4 Å². The van der Waals surface area contributed by atoms with Gasteiger partial charge in [0.1, 0.15) is 17.1 Å². The highest BCUT2D eigenvalue weighted by molar-refractivity contribution is 5.82. The Morgan fingerprint density at radius 1 is 1.00 bits per heavy atom. The van der Waals surface area contributed by atoms with Crippen LogP contribution in [0.25, 0.3) is 11.2 Å². The van der Waals surface area contributed by atoms with Crippen molar-refractivity contribution in [1.29, 1.82) is 0 Å². The Morgan fingerprint density at radius 2 is 1.80 bits per heavy atom. The van der Waals surface area contributed by atoms with E-state index in [-0.39, 0.29) is 6.04 Å². The van der Waals surface area contributed by atoms with Crippen molar-refractivity contribution >= 4 is 17.1 Å². The average Bonchev–Trinajstić information content (AvgIpc) is 3.13. The number of likely N-dealkylation sites (tertiary alicyclic amines) is 2. The molecule has 3 aromatic rings. The maximum atomic E-state index is 13.3. The average molecular weight is 476 g/mol. The summed E-state index contributed by atoms with van der Waals surface area (Å²) in [6.07, 6.45) is 10.1. The Kier molecular flexibility index (Phi) is 7.32. The lowest BCUT2D eigenvalue weighted by Gasteiger charge is -2.37. The van der Waals surface area contributed by atoms with Gasteiger partial charge in [-0.2, -0.15) is 0 Å². The number of nitrogens with zero attached hydrogens (tertiary/aromatic N) is 5. The molecule has 0 spiro atoms. The number of ether oxygens (including phenoxy) is 1. The molecule has 2 fully saturated rings. The lowest BCUT2D eigenvalue weighted by Crippen LogP contribution is -2.49. The first-order valence-electron chi connectivity index (χ1n) is 13.1. The number of benzene rings is 1. The minimum atomic E-state index is 0.0462. The normalized spacial score (nSPS) is 20.2. The van der Waals surface area contributed by atoms with E-state index in [1.807, 2.05) is 24.4 Å². The number of aromatic nitrogens is 3. The smallest absolute Gasteiger partial charge is 0.239 e. The van der Waals surface area contributed by atoms with Gasteiger partial charge in [-0.3, -0.25) is 9.69 Å². The van der Waals surface area contributed by atoms with E-state index in [9.17, 15) is 4.79 Å². The molecule has 7 nitrogen and oxygen atoms in total. The summed E-state index contributed by atoms with van der Waals surface area (Å²) in [4.78, 5) is 27.4. The molecule has 0 radical (unpaired) electrons. The topological polar surface area (TPSA) is 63.5 Å². The van der Waals surface area contributed by atoms with Crippen LogP contribution in [0.4, 0.5) is 0 Å². The van der Waals surface area contributed by atoms with Crippen molar-refractivity contribution in [1.82, 2.24) is 24.3 Å². The summed E-state index contributed by atoms with van der Waals surface area (Å²) in [6, 6.07) is 12.6. The maximum absolute atomic E-state index is 13.3. The fraction of sp³-hybridized carbons (Fsp3) is 0.536. The predicted octanol–water partition coefficient (Wildman–Crippen LogP) is 4.26. The number of carbonyl (C=O) groups excluding carboxylic acids is 1. The van der Waals surface area contributed by atoms with Crippen molar-refractivity contribution < 1.29 is 9.53 Å². The first-order valence-corrected chi connectivity index (χ1v) is 13.1.